The Labute approximate surface area is 162 Å². The van der Waals surface area contributed by atoms with Gasteiger partial charge in [0.05, 0.1) is 6.26 Å². The summed E-state index contributed by atoms with van der Waals surface area (Å²) in [6.07, 6.45) is 1.67. The van der Waals surface area contributed by atoms with Crippen LogP contribution in [0.4, 0.5) is 0 Å². The van der Waals surface area contributed by atoms with E-state index >= 15 is 0 Å². The maximum atomic E-state index is 13.1. The zero-order chi connectivity index (χ0) is 19.2. The molecule has 2 rings (SSSR count). The highest BCUT2D eigenvalue weighted by molar-refractivity contribution is 6.58. The molecule has 0 N–H and O–H groups in total. The van der Waals surface area contributed by atoms with Gasteiger partial charge < -0.3 is 14.1 Å². The maximum Gasteiger partial charge on any atom is 0.303 e. The smallest absolute Gasteiger partial charge is 0.303 e. The van der Waals surface area contributed by atoms with Crippen molar-refractivity contribution in [2.75, 3.05) is 6.54 Å². The van der Waals surface area contributed by atoms with Crippen molar-refractivity contribution in [3.63, 3.8) is 0 Å². The van der Waals surface area contributed by atoms with Gasteiger partial charge in [-0.15, -0.1) is 6.58 Å². The molecule has 0 fully saturated rings. The first-order chi connectivity index (χ1) is 12.4. The maximum absolute atomic E-state index is 13.1. The summed E-state index contributed by atoms with van der Waals surface area (Å²) < 4.78 is 8.38. The molecule has 0 aliphatic rings. The predicted molar refractivity (Wildman–Crippen MR) is 99.7 cm³/mol. The highest BCUT2D eigenvalue weighted by Crippen LogP contribution is 2.41. The minimum Gasteiger partial charge on any atom is -0.465 e. The quantitative estimate of drug-likeness (QED) is 0.380. The fourth-order valence-electron chi connectivity index (χ4n) is 2.42. The molecular weight excluding hydrogens is 377 g/mol. The lowest BCUT2D eigenvalue weighted by molar-refractivity contribution is -0.151. The van der Waals surface area contributed by atoms with Crippen LogP contribution in [-0.2, 0) is 20.9 Å². The van der Waals surface area contributed by atoms with E-state index in [1.165, 1.54) is 24.2 Å². The highest BCUT2D eigenvalue weighted by atomic mass is 35.5. The minimum absolute atomic E-state index is 0.178. The van der Waals surface area contributed by atoms with Crippen LogP contribution in [0.2, 0.25) is 0 Å². The molecule has 0 saturated carbocycles. The lowest BCUT2D eigenvalue weighted by atomic mass is 10.1. The Bertz CT molecular complexity index is 744. The van der Waals surface area contributed by atoms with E-state index in [1.807, 2.05) is 30.3 Å². The number of halogens is 2. The van der Waals surface area contributed by atoms with Gasteiger partial charge in [0.15, 0.2) is 0 Å². The molecule has 5 nitrogen and oxygen atoms in total. The van der Waals surface area contributed by atoms with E-state index in [2.05, 4.69) is 6.58 Å². The van der Waals surface area contributed by atoms with E-state index in [0.29, 0.717) is 0 Å². The van der Waals surface area contributed by atoms with Crippen LogP contribution < -0.4 is 0 Å². The van der Waals surface area contributed by atoms with E-state index in [4.69, 9.17) is 32.4 Å². The highest BCUT2D eigenvalue weighted by Gasteiger charge is 2.49. The fraction of sp³-hybridized carbons (Fsp3) is 0.263. The summed E-state index contributed by atoms with van der Waals surface area (Å²) in [5.74, 6) is -1.08. The standard InChI is InChI=1S/C19H19Cl2NO4/c1-3-11-22(13-15-8-5-4-6-9-15)18(24)19(20,21)17(26-14(2)23)16-10-7-12-25-16/h3-10,12,17H,1,11,13H2,2H3. The van der Waals surface area contributed by atoms with Crippen LogP contribution in [0.15, 0.2) is 65.8 Å². The Hall–Kier alpha value is -2.24. The van der Waals surface area contributed by atoms with Crippen LogP contribution in [-0.4, -0.2) is 27.7 Å². The van der Waals surface area contributed by atoms with Crippen molar-refractivity contribution in [1.29, 1.82) is 0 Å². The van der Waals surface area contributed by atoms with Crippen molar-refractivity contribution in [2.24, 2.45) is 0 Å². The summed E-state index contributed by atoms with van der Waals surface area (Å²) in [6.45, 7) is 5.37. The lowest BCUT2D eigenvalue weighted by Crippen LogP contribution is -2.46. The number of carbonyl (C=O) groups excluding carboxylic acids is 2. The van der Waals surface area contributed by atoms with Gasteiger partial charge >= 0.3 is 5.97 Å². The molecule has 0 radical (unpaired) electrons. The SMILES string of the molecule is C=CCN(Cc1ccccc1)C(=O)C(Cl)(Cl)C(OC(C)=O)c1ccco1. The van der Waals surface area contributed by atoms with Gasteiger partial charge in [-0.3, -0.25) is 9.59 Å². The van der Waals surface area contributed by atoms with Crippen molar-refractivity contribution in [3.8, 4) is 0 Å². The molecule has 1 heterocycles. The lowest BCUT2D eigenvalue weighted by Gasteiger charge is -2.32. The molecule has 138 valence electrons. The van der Waals surface area contributed by atoms with Crippen molar-refractivity contribution in [3.05, 3.63) is 72.7 Å². The second-order valence-corrected chi connectivity index (χ2v) is 6.97. The molecule has 0 saturated heterocycles. The normalized spacial score (nSPS) is 12.3. The summed E-state index contributed by atoms with van der Waals surface area (Å²) >= 11 is 12.8. The third kappa shape index (κ3) is 4.90. The van der Waals surface area contributed by atoms with Crippen LogP contribution >= 0.6 is 23.2 Å². The topological polar surface area (TPSA) is 59.8 Å². The van der Waals surface area contributed by atoms with E-state index in [0.717, 1.165) is 5.56 Å². The Morgan fingerprint density at radius 2 is 1.96 bits per heavy atom. The van der Waals surface area contributed by atoms with Gasteiger partial charge in [0.1, 0.15) is 5.76 Å². The number of amides is 1. The number of hydrogen-bond acceptors (Lipinski definition) is 4. The van der Waals surface area contributed by atoms with Crippen LogP contribution in [0.3, 0.4) is 0 Å². The molecule has 1 aromatic carbocycles. The second-order valence-electron chi connectivity index (χ2n) is 5.59. The molecule has 2 aromatic rings. The molecule has 0 aliphatic heterocycles. The molecule has 7 heteroatoms. The van der Waals surface area contributed by atoms with Gasteiger partial charge in [-0.05, 0) is 17.7 Å². The molecule has 1 aromatic heterocycles. The zero-order valence-electron chi connectivity index (χ0n) is 14.2. The number of alkyl halides is 2. The number of nitrogens with zero attached hydrogens (tertiary/aromatic N) is 1. The van der Waals surface area contributed by atoms with Crippen molar-refractivity contribution < 1.29 is 18.7 Å². The number of ether oxygens (including phenoxy) is 1. The third-order valence-electron chi connectivity index (χ3n) is 3.55. The van der Waals surface area contributed by atoms with Gasteiger partial charge in [-0.1, -0.05) is 59.6 Å². The van der Waals surface area contributed by atoms with Gasteiger partial charge in [0, 0.05) is 20.0 Å². The minimum atomic E-state index is -2.07. The number of esters is 1. The summed E-state index contributed by atoms with van der Waals surface area (Å²) in [5, 5.41) is 0. The van der Waals surface area contributed by atoms with Crippen LogP contribution in [0.25, 0.3) is 0 Å². The first-order valence-electron chi connectivity index (χ1n) is 7.89. The molecule has 0 aliphatic carbocycles. The Morgan fingerprint density at radius 1 is 1.27 bits per heavy atom. The van der Waals surface area contributed by atoms with Crippen molar-refractivity contribution in [1.82, 2.24) is 4.90 Å². The zero-order valence-corrected chi connectivity index (χ0v) is 15.7. The van der Waals surface area contributed by atoms with Crippen LogP contribution in [0.1, 0.15) is 24.4 Å². The van der Waals surface area contributed by atoms with E-state index < -0.39 is 22.3 Å². The third-order valence-corrected chi connectivity index (χ3v) is 4.27. The summed E-state index contributed by atoms with van der Waals surface area (Å²) in [4.78, 5) is 26.0. The summed E-state index contributed by atoms with van der Waals surface area (Å²) in [6, 6.07) is 12.5. The van der Waals surface area contributed by atoms with Gasteiger partial charge in [-0.25, -0.2) is 0 Å². The molecule has 1 amide bonds. The number of hydrogen-bond donors (Lipinski definition) is 0. The van der Waals surface area contributed by atoms with E-state index in [1.54, 1.807) is 12.1 Å². The Morgan fingerprint density at radius 3 is 2.50 bits per heavy atom. The average Bonchev–Trinajstić information content (AvgIpc) is 3.13. The largest absolute Gasteiger partial charge is 0.465 e. The summed E-state index contributed by atoms with van der Waals surface area (Å²) in [5.41, 5.74) is 0.897. The van der Waals surface area contributed by atoms with Gasteiger partial charge in [0.2, 0.25) is 10.4 Å². The molecular formula is C19H19Cl2NO4. The van der Waals surface area contributed by atoms with Crippen molar-refractivity contribution in [2.45, 2.75) is 23.9 Å². The Balaban J connectivity index is 2.30. The van der Waals surface area contributed by atoms with Crippen molar-refractivity contribution >= 4 is 35.1 Å². The molecule has 1 unspecified atom stereocenters. The fourth-order valence-corrected chi connectivity index (χ4v) is 2.96. The molecule has 0 spiro atoms. The number of rotatable bonds is 8. The molecule has 0 bridgehead atoms. The van der Waals surface area contributed by atoms with Gasteiger partial charge in [-0.2, -0.15) is 0 Å². The average molecular weight is 396 g/mol. The number of carbonyl (C=O) groups is 2. The first-order valence-corrected chi connectivity index (χ1v) is 8.64. The Kier molecular flexibility index (Phi) is 6.89. The molecule has 1 atom stereocenters. The summed E-state index contributed by atoms with van der Waals surface area (Å²) in [7, 11) is 0. The number of benzene rings is 1. The number of furan rings is 1. The van der Waals surface area contributed by atoms with Crippen LogP contribution in [0, 0.1) is 0 Å². The van der Waals surface area contributed by atoms with Gasteiger partial charge in [0.25, 0.3) is 5.91 Å². The first kappa shape index (κ1) is 20.1. The van der Waals surface area contributed by atoms with E-state index in [-0.39, 0.29) is 18.8 Å². The second kappa shape index (κ2) is 8.92. The molecule has 26 heavy (non-hydrogen) atoms. The monoisotopic (exact) mass is 395 g/mol. The van der Waals surface area contributed by atoms with E-state index in [9.17, 15) is 9.59 Å². The van der Waals surface area contributed by atoms with Crippen LogP contribution in [0.5, 0.6) is 0 Å². The predicted octanol–water partition coefficient (Wildman–Crippen LogP) is 4.27.